The average molecular weight is 885 g/mol. The third-order valence-electron chi connectivity index (χ3n) is 10.0. The molecule has 3 atom stereocenters. The zero-order valence-electron chi connectivity index (χ0n) is 35.4. The quantitative estimate of drug-likeness (QED) is 0.0200. The van der Waals surface area contributed by atoms with Gasteiger partial charge in [0.1, 0.15) is 35.6 Å². The van der Waals surface area contributed by atoms with Gasteiger partial charge >= 0.3 is 7.82 Å². The van der Waals surface area contributed by atoms with Crippen molar-refractivity contribution in [3.8, 4) is 11.8 Å². The van der Waals surface area contributed by atoms with E-state index in [1.54, 1.807) is 22.7 Å². The number of aryl methyl sites for hydroxylation is 1. The smallest absolute Gasteiger partial charge is 0.402 e. The summed E-state index contributed by atoms with van der Waals surface area (Å²) in [5.74, 6) is 5.51. The van der Waals surface area contributed by atoms with E-state index in [4.69, 9.17) is 51.1 Å². The number of hydrogen-bond donors (Lipinski definition) is 2. The van der Waals surface area contributed by atoms with Crippen molar-refractivity contribution in [1.29, 1.82) is 5.26 Å². The van der Waals surface area contributed by atoms with Crippen LogP contribution in [0.4, 0.5) is 10.2 Å². The summed E-state index contributed by atoms with van der Waals surface area (Å²) in [6.45, 7) is 2.18. The first-order valence-corrected chi connectivity index (χ1v) is 23.4. The number of nitrogens with zero attached hydrogens (tertiary/aromatic N) is 4. The number of nitriles is 1. The monoisotopic (exact) mass is 884 g/mol. The summed E-state index contributed by atoms with van der Waals surface area (Å²) in [5.41, 5.74) is 8.07. The first kappa shape index (κ1) is 49.8. The number of anilines is 1. The number of ether oxygens (including phenoxy) is 2. The average Bonchev–Trinajstić information content (AvgIpc) is 3.68. The summed E-state index contributed by atoms with van der Waals surface area (Å²) in [4.78, 5) is 9.21. The van der Waals surface area contributed by atoms with Crippen molar-refractivity contribution in [3.05, 3.63) is 101 Å². The van der Waals surface area contributed by atoms with E-state index in [0.717, 1.165) is 37.4 Å². The molecule has 0 aliphatic carbocycles. The van der Waals surface area contributed by atoms with E-state index < -0.39 is 25.8 Å². The predicted molar refractivity (Wildman–Crippen MR) is 236 cm³/mol. The van der Waals surface area contributed by atoms with E-state index in [-0.39, 0.29) is 42.8 Å². The number of halogens is 2. The summed E-state index contributed by atoms with van der Waals surface area (Å²) in [6.07, 6.45) is 22.2. The number of nitrogens with two attached hydrogens (primary N) is 2. The van der Waals surface area contributed by atoms with Crippen molar-refractivity contribution >= 4 is 30.8 Å². The maximum atomic E-state index is 14.3. The summed E-state index contributed by atoms with van der Waals surface area (Å²) >= 11 is 6.37. The molecule has 0 amide bonds. The van der Waals surface area contributed by atoms with Crippen LogP contribution in [-0.2, 0) is 41.0 Å². The zero-order valence-corrected chi connectivity index (χ0v) is 37.1. The normalized spacial score (nSPS) is 13.7. The van der Waals surface area contributed by atoms with E-state index in [9.17, 15) is 14.2 Å². The van der Waals surface area contributed by atoms with Crippen LogP contribution in [0.1, 0.15) is 120 Å². The Morgan fingerprint density at radius 1 is 0.902 bits per heavy atom. The van der Waals surface area contributed by atoms with Crippen LogP contribution in [0.2, 0.25) is 5.02 Å². The molecule has 0 fully saturated rings. The Morgan fingerprint density at radius 3 is 2.30 bits per heavy atom. The molecule has 0 bridgehead atoms. The lowest BCUT2D eigenvalue weighted by Crippen LogP contribution is -2.27. The molecule has 0 aliphatic heterocycles. The van der Waals surface area contributed by atoms with Crippen LogP contribution in [0.3, 0.4) is 0 Å². The van der Waals surface area contributed by atoms with Gasteiger partial charge in [0, 0.05) is 12.3 Å². The molecule has 2 heterocycles. The number of aromatic nitrogens is 3. The van der Waals surface area contributed by atoms with Gasteiger partial charge in [0.2, 0.25) is 0 Å². The second-order valence-electron chi connectivity index (χ2n) is 15.0. The van der Waals surface area contributed by atoms with Gasteiger partial charge < -0.3 is 19.7 Å². The lowest BCUT2D eigenvalue weighted by atomic mass is 10.1. The highest BCUT2D eigenvalue weighted by Crippen LogP contribution is 2.51. The van der Waals surface area contributed by atoms with Crippen molar-refractivity contribution in [1.82, 2.24) is 14.6 Å². The van der Waals surface area contributed by atoms with Gasteiger partial charge in [-0.1, -0.05) is 101 Å². The Hall–Kier alpha value is -3.90. The van der Waals surface area contributed by atoms with Crippen molar-refractivity contribution in [3.63, 3.8) is 0 Å². The number of benzene rings is 2. The number of phosphoric ester groups is 1. The highest BCUT2D eigenvalue weighted by molar-refractivity contribution is 7.48. The molecule has 2 aromatic carbocycles. The van der Waals surface area contributed by atoms with Crippen LogP contribution in [0, 0.1) is 17.1 Å². The molecule has 1 unspecified atom stereocenters. The van der Waals surface area contributed by atoms with Crippen molar-refractivity contribution in [2.75, 3.05) is 32.2 Å². The van der Waals surface area contributed by atoms with Crippen LogP contribution in [0.25, 0.3) is 5.52 Å². The van der Waals surface area contributed by atoms with Gasteiger partial charge in [-0.3, -0.25) is 13.9 Å². The van der Waals surface area contributed by atoms with Gasteiger partial charge in [0.25, 0.3) is 0 Å². The minimum atomic E-state index is -4.42. The first-order valence-electron chi connectivity index (χ1n) is 21.5. The Balaban J connectivity index is 1.28. The zero-order chi connectivity index (χ0) is 43.5. The predicted octanol–water partition coefficient (Wildman–Crippen LogP) is 11.0. The molecule has 334 valence electrons. The number of nitrogen functional groups attached to an aromatic ring is 1. The molecule has 13 nitrogen and oxygen atoms in total. The minimum absolute atomic E-state index is 0.0668. The first-order chi connectivity index (χ1) is 29.7. The van der Waals surface area contributed by atoms with E-state index in [1.807, 2.05) is 18.2 Å². The summed E-state index contributed by atoms with van der Waals surface area (Å²) in [6, 6.07) is 16.1. The molecule has 16 heteroatoms. The molecule has 4 rings (SSSR count). The highest BCUT2D eigenvalue weighted by Gasteiger charge is 2.33. The van der Waals surface area contributed by atoms with Crippen molar-refractivity contribution < 1.29 is 36.8 Å². The largest absolute Gasteiger partial charge is 0.530 e. The molecular formula is C45H63ClFN6O7P. The van der Waals surface area contributed by atoms with E-state index >= 15 is 0 Å². The van der Waals surface area contributed by atoms with Crippen LogP contribution in [-0.4, -0.2) is 53.2 Å². The number of rotatable bonds is 33. The van der Waals surface area contributed by atoms with Gasteiger partial charge in [0.15, 0.2) is 5.82 Å². The lowest BCUT2D eigenvalue weighted by Gasteiger charge is -2.24. The Kier molecular flexibility index (Phi) is 23.4. The van der Waals surface area contributed by atoms with E-state index in [2.05, 4.69) is 29.2 Å². The second kappa shape index (κ2) is 28.7. The number of phosphoric acid groups is 1. The van der Waals surface area contributed by atoms with Gasteiger partial charge in [-0.25, -0.2) is 24.4 Å². The third kappa shape index (κ3) is 18.9. The van der Waals surface area contributed by atoms with Gasteiger partial charge in [-0.05, 0) is 93.0 Å². The fraction of sp³-hybridized carbons (Fsp3) is 0.533. The summed E-state index contributed by atoms with van der Waals surface area (Å²) in [7, 11) is -4.42. The Morgan fingerprint density at radius 2 is 1.59 bits per heavy atom. The highest BCUT2D eigenvalue weighted by atomic mass is 35.5. The van der Waals surface area contributed by atoms with E-state index in [1.165, 1.54) is 88.7 Å². The van der Waals surface area contributed by atoms with Crippen molar-refractivity contribution in [2.24, 2.45) is 5.90 Å². The summed E-state index contributed by atoms with van der Waals surface area (Å²) in [5, 5.41) is 13.8. The molecule has 0 saturated heterocycles. The van der Waals surface area contributed by atoms with E-state index in [0.29, 0.717) is 36.3 Å². The molecule has 0 saturated carbocycles. The molecule has 2 aromatic heterocycles. The Bertz CT molecular complexity index is 1980. The maximum absolute atomic E-state index is 14.3. The number of para-hydroxylation sites is 1. The minimum Gasteiger partial charge on any atom is -0.402 e. The molecular weight excluding hydrogens is 822 g/mol. The standard InChI is InChI=1S/C45H63ClFN6O7P/c1-2-3-4-5-6-7-8-9-10-11-12-13-14-15-16-19-26-55-32-41(56-31-37-27-36(30-48)28-38(47)29-37)34-58-61(54,60-44-21-18-17-20-42(44)46)57-33-40(59-50)24-22-39-23-25-43-45(49)51-35-52-53(39)43/h9-10,17-18,20-21,23,25,27-29,35,40-41H,2-8,11-16,19,22,24,26,31-34,50H2,1H3,(H2,49,51,52)/b10-9-/t40-,41+,61?/m0/s1. The van der Waals surface area contributed by atoms with Crippen LogP contribution in [0.15, 0.2) is 73.1 Å². The molecule has 4 aromatic rings. The fourth-order valence-corrected chi connectivity index (χ4v) is 8.10. The van der Waals surface area contributed by atoms with Crippen molar-refractivity contribution in [2.45, 2.75) is 128 Å². The van der Waals surface area contributed by atoms with Crippen LogP contribution >= 0.6 is 19.4 Å². The van der Waals surface area contributed by atoms with Gasteiger partial charge in [-0.2, -0.15) is 10.4 Å². The number of allylic oxidation sites excluding steroid dienone is 2. The number of fused-ring (bicyclic) bond motifs is 1. The molecule has 0 radical (unpaired) electrons. The van der Waals surface area contributed by atoms with Crippen LogP contribution < -0.4 is 16.2 Å². The topological polar surface area (TPSA) is 178 Å². The molecule has 4 N–H and O–H groups in total. The number of hydrogen-bond acceptors (Lipinski definition) is 12. The fourth-order valence-electron chi connectivity index (χ4n) is 6.60. The second-order valence-corrected chi connectivity index (χ2v) is 17.0. The molecule has 61 heavy (non-hydrogen) atoms. The van der Waals surface area contributed by atoms with Gasteiger partial charge in [-0.15, -0.1) is 0 Å². The lowest BCUT2D eigenvalue weighted by molar-refractivity contribution is -0.0527. The van der Waals surface area contributed by atoms with Gasteiger partial charge in [0.05, 0.1) is 43.1 Å². The Labute approximate surface area is 365 Å². The maximum Gasteiger partial charge on any atom is 0.530 e. The summed E-state index contributed by atoms with van der Waals surface area (Å²) < 4.78 is 59.9. The molecule has 0 spiro atoms. The number of unbranched alkanes of at least 4 members (excludes halogenated alkanes) is 12. The third-order valence-corrected chi connectivity index (χ3v) is 11.7. The molecule has 0 aliphatic rings. The van der Waals surface area contributed by atoms with Crippen LogP contribution in [0.5, 0.6) is 5.75 Å². The SMILES string of the molecule is CCCCCCCC/C=C\CCCCCCCCOC[C@H](COP(=O)(OC[C@H](CCc1ccc2c(N)ncnn12)ON)Oc1ccccc1Cl)OCc1cc(F)cc(C#N)c1.